The minimum atomic E-state index is 1.03. The summed E-state index contributed by atoms with van der Waals surface area (Å²) in [6.07, 6.45) is 3.06. The van der Waals surface area contributed by atoms with Gasteiger partial charge in [0.2, 0.25) is 6.20 Å². The van der Waals surface area contributed by atoms with Gasteiger partial charge in [-0.1, -0.05) is 6.92 Å². The maximum Gasteiger partial charge on any atom is 0.222 e. The van der Waals surface area contributed by atoms with Gasteiger partial charge in [-0.2, -0.15) is 0 Å². The van der Waals surface area contributed by atoms with Crippen molar-refractivity contribution in [3.63, 3.8) is 0 Å². The zero-order valence-electron chi connectivity index (χ0n) is 6.14. The molecule has 0 fully saturated rings. The Morgan fingerprint density at radius 2 is 2.33 bits per heavy atom. The Balaban J connectivity index is 3.01. The largest absolute Gasteiger partial charge is 0.242 e. The zero-order chi connectivity index (χ0) is 6.85. The summed E-state index contributed by atoms with van der Waals surface area (Å²) >= 11 is 0. The van der Waals surface area contributed by atoms with Crippen LogP contribution in [0.25, 0.3) is 0 Å². The van der Waals surface area contributed by atoms with Gasteiger partial charge in [-0.3, -0.25) is 0 Å². The lowest BCUT2D eigenvalue weighted by Crippen LogP contribution is -2.22. The summed E-state index contributed by atoms with van der Waals surface area (Å²) in [5.41, 5.74) is 1.29. The molecule has 0 saturated heterocycles. The average molecular weight is 126 g/mol. The summed E-state index contributed by atoms with van der Waals surface area (Å²) in [6.45, 7) is 4.11. The molecule has 0 aliphatic rings. The van der Waals surface area contributed by atoms with Crippen LogP contribution in [0.5, 0.6) is 0 Å². The lowest BCUT2D eigenvalue weighted by Gasteiger charge is -1.79. The molecule has 0 spiro atoms. The summed E-state index contributed by atoms with van der Waals surface area (Å²) in [4.78, 5) is 0. The van der Waals surface area contributed by atoms with E-state index in [2.05, 4.69) is 6.92 Å². The molecule has 2 nitrogen and oxygen atoms in total. The number of hydrogen-bond acceptors (Lipinski definition) is 1. The molecule has 1 heterocycles. The summed E-state index contributed by atoms with van der Waals surface area (Å²) < 4.78 is 6.95. The molecule has 2 heteroatoms. The molecule has 0 aliphatic heterocycles. The topological polar surface area (TPSA) is 17.0 Å². The van der Waals surface area contributed by atoms with Crippen molar-refractivity contribution in [2.45, 2.75) is 20.3 Å². The van der Waals surface area contributed by atoms with Crippen LogP contribution < -0.4 is 4.74 Å². The molecule has 0 aromatic carbocycles. The molecular formula is C7H12NO+. The van der Waals surface area contributed by atoms with E-state index >= 15 is 0 Å². The van der Waals surface area contributed by atoms with Crippen LogP contribution in [-0.4, -0.2) is 0 Å². The molecule has 1 rings (SSSR count). The van der Waals surface area contributed by atoms with Crippen LogP contribution in [0.1, 0.15) is 18.2 Å². The van der Waals surface area contributed by atoms with Crippen LogP contribution in [0.15, 0.2) is 10.7 Å². The Bertz CT molecular complexity index is 203. The lowest BCUT2D eigenvalue weighted by atomic mass is 10.2. The van der Waals surface area contributed by atoms with Gasteiger partial charge < -0.3 is 0 Å². The van der Waals surface area contributed by atoms with Crippen molar-refractivity contribution >= 4 is 0 Å². The van der Waals surface area contributed by atoms with Crippen LogP contribution in [0.4, 0.5) is 0 Å². The van der Waals surface area contributed by atoms with Gasteiger partial charge in [0, 0.05) is 6.92 Å². The van der Waals surface area contributed by atoms with E-state index in [0.717, 1.165) is 12.2 Å². The standard InChI is InChI=1S/C7H12NO/c1-4-7-5-8(3)9-6(7)2/h5H,4H2,1-3H3/q+1. The molecule has 9 heavy (non-hydrogen) atoms. The molecule has 0 saturated carbocycles. The molecule has 0 radical (unpaired) electrons. The number of nitrogens with zero attached hydrogens (tertiary/aromatic N) is 1. The van der Waals surface area contributed by atoms with E-state index in [9.17, 15) is 0 Å². The quantitative estimate of drug-likeness (QED) is 0.512. The van der Waals surface area contributed by atoms with E-state index in [1.165, 1.54) is 5.56 Å². The third kappa shape index (κ3) is 1.12. The monoisotopic (exact) mass is 126 g/mol. The number of aromatic nitrogens is 1. The predicted octanol–water partition coefficient (Wildman–Crippen LogP) is 0.975. The Hall–Kier alpha value is -0.790. The molecule has 0 N–H and O–H groups in total. The first-order valence-electron chi connectivity index (χ1n) is 3.19. The summed E-state index contributed by atoms with van der Waals surface area (Å²) in [5.74, 6) is 1.03. The van der Waals surface area contributed by atoms with Gasteiger partial charge in [0.25, 0.3) is 0 Å². The zero-order valence-corrected chi connectivity index (χ0v) is 6.14. The molecule has 0 aliphatic carbocycles. The summed E-state index contributed by atoms with van der Waals surface area (Å²) in [6, 6.07) is 0. The number of aryl methyl sites for hydroxylation is 3. The number of hydrogen-bond donors (Lipinski definition) is 0. The van der Waals surface area contributed by atoms with Gasteiger partial charge >= 0.3 is 0 Å². The van der Waals surface area contributed by atoms with Crippen molar-refractivity contribution in [2.75, 3.05) is 0 Å². The van der Waals surface area contributed by atoms with E-state index in [0.29, 0.717) is 0 Å². The van der Waals surface area contributed by atoms with Crippen molar-refractivity contribution in [2.24, 2.45) is 7.05 Å². The fraction of sp³-hybridized carbons (Fsp3) is 0.571. The maximum atomic E-state index is 5.22. The van der Waals surface area contributed by atoms with E-state index < -0.39 is 0 Å². The second kappa shape index (κ2) is 2.21. The SMILES string of the molecule is CCc1c[n+](C)oc1C. The second-order valence-electron chi connectivity index (χ2n) is 2.20. The summed E-state index contributed by atoms with van der Waals surface area (Å²) in [7, 11) is 1.90. The second-order valence-corrected chi connectivity index (χ2v) is 2.20. The van der Waals surface area contributed by atoms with E-state index in [-0.39, 0.29) is 0 Å². The van der Waals surface area contributed by atoms with Crippen LogP contribution in [0.3, 0.4) is 0 Å². The Morgan fingerprint density at radius 1 is 1.67 bits per heavy atom. The molecule has 1 aromatic rings. The van der Waals surface area contributed by atoms with Gasteiger partial charge in [0.05, 0.1) is 5.56 Å². The summed E-state index contributed by atoms with van der Waals surface area (Å²) in [5, 5.41) is 0. The molecule has 0 unspecified atom stereocenters. The highest BCUT2D eigenvalue weighted by Gasteiger charge is 2.07. The normalized spacial score (nSPS) is 10.1. The Morgan fingerprint density at radius 3 is 2.56 bits per heavy atom. The minimum absolute atomic E-state index is 1.03. The fourth-order valence-electron chi connectivity index (χ4n) is 0.952. The molecule has 0 atom stereocenters. The van der Waals surface area contributed by atoms with Gasteiger partial charge in [-0.05, 0) is 11.2 Å². The van der Waals surface area contributed by atoms with Crippen molar-refractivity contribution in [1.29, 1.82) is 0 Å². The van der Waals surface area contributed by atoms with Crippen molar-refractivity contribution in [3.8, 4) is 0 Å². The van der Waals surface area contributed by atoms with Gasteiger partial charge in [-0.25, -0.2) is 4.52 Å². The highest BCUT2D eigenvalue weighted by atomic mass is 16.5. The molecule has 0 amide bonds. The average Bonchev–Trinajstić information content (AvgIpc) is 2.10. The molecular weight excluding hydrogens is 114 g/mol. The van der Waals surface area contributed by atoms with Crippen LogP contribution >= 0.6 is 0 Å². The Labute approximate surface area is 55.1 Å². The van der Waals surface area contributed by atoms with Gasteiger partial charge in [0.1, 0.15) is 0 Å². The first-order valence-corrected chi connectivity index (χ1v) is 3.19. The first-order chi connectivity index (χ1) is 4.24. The highest BCUT2D eigenvalue weighted by molar-refractivity contribution is 5.08. The van der Waals surface area contributed by atoms with Crippen LogP contribution in [0, 0.1) is 6.92 Å². The first kappa shape index (κ1) is 6.33. The van der Waals surface area contributed by atoms with Gasteiger partial charge in [-0.15, -0.1) is 0 Å². The fourth-order valence-corrected chi connectivity index (χ4v) is 0.952. The number of rotatable bonds is 1. The lowest BCUT2D eigenvalue weighted by molar-refractivity contribution is -0.846. The van der Waals surface area contributed by atoms with Crippen molar-refractivity contribution in [3.05, 3.63) is 17.5 Å². The van der Waals surface area contributed by atoms with Crippen molar-refractivity contribution in [1.82, 2.24) is 0 Å². The van der Waals surface area contributed by atoms with E-state index in [1.807, 2.05) is 20.2 Å². The highest BCUT2D eigenvalue weighted by Crippen LogP contribution is 2.03. The van der Waals surface area contributed by atoms with E-state index in [4.69, 9.17) is 4.52 Å². The third-order valence-electron chi connectivity index (χ3n) is 1.45. The van der Waals surface area contributed by atoms with Crippen molar-refractivity contribution < 1.29 is 9.26 Å². The third-order valence-corrected chi connectivity index (χ3v) is 1.45. The van der Waals surface area contributed by atoms with E-state index in [1.54, 1.807) is 4.74 Å². The molecule has 0 bridgehead atoms. The minimum Gasteiger partial charge on any atom is -0.242 e. The molecule has 50 valence electrons. The molecule has 1 aromatic heterocycles. The predicted molar refractivity (Wildman–Crippen MR) is 34.0 cm³/mol. The maximum absolute atomic E-state index is 5.22. The van der Waals surface area contributed by atoms with Crippen LogP contribution in [-0.2, 0) is 13.5 Å². The Kier molecular flexibility index (Phi) is 1.56. The van der Waals surface area contributed by atoms with Crippen LogP contribution in [0.2, 0.25) is 0 Å². The smallest absolute Gasteiger partial charge is 0.222 e. The van der Waals surface area contributed by atoms with Gasteiger partial charge in [0.15, 0.2) is 12.8 Å².